The minimum atomic E-state index is 0.00708. The molecular formula is C17H18N2O4. The van der Waals surface area contributed by atoms with Crippen LogP contribution in [-0.2, 0) is 4.79 Å². The lowest BCUT2D eigenvalue weighted by Crippen LogP contribution is -1.99. The molecule has 2 aromatic rings. The van der Waals surface area contributed by atoms with Crippen molar-refractivity contribution in [1.82, 2.24) is 0 Å². The molecule has 120 valence electrons. The van der Waals surface area contributed by atoms with Gasteiger partial charge < -0.3 is 20.1 Å². The zero-order valence-corrected chi connectivity index (χ0v) is 13.0. The van der Waals surface area contributed by atoms with E-state index in [0.29, 0.717) is 23.5 Å². The van der Waals surface area contributed by atoms with Crippen molar-refractivity contribution < 1.29 is 19.1 Å². The van der Waals surface area contributed by atoms with Gasteiger partial charge in [-0.25, -0.2) is 0 Å². The molecular weight excluding hydrogens is 296 g/mol. The monoisotopic (exact) mass is 314 g/mol. The Kier molecular flexibility index (Phi) is 5.57. The molecule has 3 rings (SSSR count). The highest BCUT2D eigenvalue weighted by molar-refractivity contribution is 6.00. The molecule has 2 aromatic carbocycles. The number of fused-ring (bicyclic) bond motifs is 1. The van der Waals surface area contributed by atoms with Crippen LogP contribution in [0.1, 0.15) is 17.3 Å². The van der Waals surface area contributed by atoms with Crippen LogP contribution in [0.5, 0.6) is 11.5 Å². The molecule has 1 aliphatic rings. The molecule has 0 unspecified atom stereocenters. The number of ketones is 1. The SMILES string of the molecule is CNc1cc2c(cc1C(C)=O)OCO2.O=CNc1ccccc1. The van der Waals surface area contributed by atoms with Crippen LogP contribution in [0, 0.1) is 0 Å². The first-order valence-corrected chi connectivity index (χ1v) is 7.03. The van der Waals surface area contributed by atoms with Crippen molar-refractivity contribution in [2.75, 3.05) is 24.5 Å². The molecule has 1 amide bonds. The van der Waals surface area contributed by atoms with Crippen molar-refractivity contribution in [3.8, 4) is 11.5 Å². The largest absolute Gasteiger partial charge is 0.454 e. The van der Waals surface area contributed by atoms with Crippen molar-refractivity contribution in [3.63, 3.8) is 0 Å². The third kappa shape index (κ3) is 4.23. The summed E-state index contributed by atoms with van der Waals surface area (Å²) in [5.41, 5.74) is 2.21. The van der Waals surface area contributed by atoms with E-state index in [-0.39, 0.29) is 12.6 Å². The third-order valence-electron chi connectivity index (χ3n) is 3.16. The molecule has 23 heavy (non-hydrogen) atoms. The molecule has 0 aromatic heterocycles. The fraction of sp³-hybridized carbons (Fsp3) is 0.176. The van der Waals surface area contributed by atoms with Crippen LogP contribution in [0.4, 0.5) is 11.4 Å². The van der Waals surface area contributed by atoms with Crippen molar-refractivity contribution in [2.45, 2.75) is 6.92 Å². The van der Waals surface area contributed by atoms with E-state index in [4.69, 9.17) is 9.47 Å². The molecule has 0 fully saturated rings. The number of ether oxygens (including phenoxy) is 2. The summed E-state index contributed by atoms with van der Waals surface area (Å²) in [6.45, 7) is 1.75. The summed E-state index contributed by atoms with van der Waals surface area (Å²) in [4.78, 5) is 21.2. The van der Waals surface area contributed by atoms with Gasteiger partial charge in [-0.05, 0) is 25.1 Å². The summed E-state index contributed by atoms with van der Waals surface area (Å²) in [6, 6.07) is 12.8. The highest BCUT2D eigenvalue weighted by atomic mass is 16.7. The van der Waals surface area contributed by atoms with Crippen LogP contribution in [0.15, 0.2) is 42.5 Å². The predicted octanol–water partition coefficient (Wildman–Crippen LogP) is 2.91. The molecule has 0 atom stereocenters. The maximum atomic E-state index is 11.3. The number of nitrogens with one attached hydrogen (secondary N) is 2. The second-order valence-electron chi connectivity index (χ2n) is 4.69. The summed E-state index contributed by atoms with van der Waals surface area (Å²) in [5, 5.41) is 5.48. The summed E-state index contributed by atoms with van der Waals surface area (Å²) < 4.78 is 10.4. The Labute approximate surface area is 134 Å². The Morgan fingerprint density at radius 1 is 1.13 bits per heavy atom. The molecule has 0 aliphatic carbocycles. The smallest absolute Gasteiger partial charge is 0.231 e. The average molecular weight is 314 g/mol. The van der Waals surface area contributed by atoms with Crippen molar-refractivity contribution >= 4 is 23.6 Å². The van der Waals surface area contributed by atoms with Crippen LogP contribution in [0.2, 0.25) is 0 Å². The number of carbonyl (C=O) groups excluding carboxylic acids is 2. The average Bonchev–Trinajstić information content (AvgIpc) is 3.02. The summed E-state index contributed by atoms with van der Waals surface area (Å²) in [5.74, 6) is 1.32. The van der Waals surface area contributed by atoms with Gasteiger partial charge in [0.05, 0.1) is 0 Å². The van der Waals surface area contributed by atoms with E-state index in [2.05, 4.69) is 10.6 Å². The molecule has 6 nitrogen and oxygen atoms in total. The van der Waals surface area contributed by atoms with Crippen molar-refractivity contribution in [3.05, 3.63) is 48.0 Å². The van der Waals surface area contributed by atoms with Gasteiger partial charge in [-0.15, -0.1) is 0 Å². The second kappa shape index (κ2) is 7.84. The Hall–Kier alpha value is -3.02. The Morgan fingerprint density at radius 2 is 1.78 bits per heavy atom. The van der Waals surface area contributed by atoms with E-state index in [9.17, 15) is 9.59 Å². The Bertz CT molecular complexity index is 686. The molecule has 0 spiro atoms. The fourth-order valence-corrected chi connectivity index (χ4v) is 2.04. The zero-order valence-electron chi connectivity index (χ0n) is 13.0. The van der Waals surface area contributed by atoms with E-state index in [1.54, 1.807) is 19.2 Å². The number of benzene rings is 2. The summed E-state index contributed by atoms with van der Waals surface area (Å²) >= 11 is 0. The number of para-hydroxylation sites is 1. The van der Waals surface area contributed by atoms with Gasteiger partial charge in [-0.2, -0.15) is 0 Å². The normalized spacial score (nSPS) is 11.0. The van der Waals surface area contributed by atoms with Gasteiger partial charge in [-0.3, -0.25) is 9.59 Å². The number of Topliss-reactive ketones (excluding diaryl/α,β-unsaturated/α-hetero) is 1. The lowest BCUT2D eigenvalue weighted by Gasteiger charge is -2.07. The highest BCUT2D eigenvalue weighted by Gasteiger charge is 2.18. The molecule has 0 saturated carbocycles. The van der Waals surface area contributed by atoms with Gasteiger partial charge in [0, 0.05) is 30.1 Å². The van der Waals surface area contributed by atoms with Gasteiger partial charge in [0.15, 0.2) is 17.3 Å². The molecule has 1 heterocycles. The zero-order chi connectivity index (χ0) is 16.7. The maximum Gasteiger partial charge on any atom is 0.231 e. The Balaban J connectivity index is 0.000000185. The first kappa shape index (κ1) is 16.4. The summed E-state index contributed by atoms with van der Waals surface area (Å²) in [7, 11) is 1.77. The standard InChI is InChI=1S/C10H11NO3.C7H7NO/c1-6(12)7-3-9-10(14-5-13-9)4-8(7)11-2;9-6-8-7-4-2-1-3-5-7/h3-4,11H,5H2,1-2H3;1-6H,(H,8,9). The van der Waals surface area contributed by atoms with Crippen LogP contribution < -0.4 is 20.1 Å². The lowest BCUT2D eigenvalue weighted by atomic mass is 10.1. The molecule has 0 bridgehead atoms. The van der Waals surface area contributed by atoms with E-state index in [1.807, 2.05) is 30.3 Å². The van der Waals surface area contributed by atoms with E-state index in [1.165, 1.54) is 6.92 Å². The van der Waals surface area contributed by atoms with Crippen molar-refractivity contribution in [2.24, 2.45) is 0 Å². The molecule has 6 heteroatoms. The van der Waals surface area contributed by atoms with Gasteiger partial charge in [0.25, 0.3) is 0 Å². The predicted molar refractivity (Wildman–Crippen MR) is 88.2 cm³/mol. The van der Waals surface area contributed by atoms with Gasteiger partial charge in [0.2, 0.25) is 13.2 Å². The first-order valence-electron chi connectivity index (χ1n) is 7.03. The number of hydrogen-bond donors (Lipinski definition) is 2. The fourth-order valence-electron chi connectivity index (χ4n) is 2.04. The van der Waals surface area contributed by atoms with E-state index >= 15 is 0 Å². The number of amides is 1. The topological polar surface area (TPSA) is 76.7 Å². The van der Waals surface area contributed by atoms with E-state index in [0.717, 1.165) is 11.4 Å². The molecule has 2 N–H and O–H groups in total. The van der Waals surface area contributed by atoms with E-state index < -0.39 is 0 Å². The first-order chi connectivity index (χ1) is 11.2. The van der Waals surface area contributed by atoms with Crippen LogP contribution in [-0.4, -0.2) is 26.0 Å². The second-order valence-corrected chi connectivity index (χ2v) is 4.69. The van der Waals surface area contributed by atoms with Crippen LogP contribution in [0.25, 0.3) is 0 Å². The molecule has 0 saturated heterocycles. The maximum absolute atomic E-state index is 11.3. The number of carbonyl (C=O) groups is 2. The lowest BCUT2D eigenvalue weighted by molar-refractivity contribution is -0.105. The highest BCUT2D eigenvalue weighted by Crippen LogP contribution is 2.36. The van der Waals surface area contributed by atoms with Gasteiger partial charge in [0.1, 0.15) is 0 Å². The van der Waals surface area contributed by atoms with Gasteiger partial charge in [-0.1, -0.05) is 18.2 Å². The van der Waals surface area contributed by atoms with Crippen molar-refractivity contribution in [1.29, 1.82) is 0 Å². The number of rotatable bonds is 4. The summed E-state index contributed by atoms with van der Waals surface area (Å²) in [6.07, 6.45) is 0.662. The number of hydrogen-bond acceptors (Lipinski definition) is 5. The van der Waals surface area contributed by atoms with Crippen LogP contribution in [0.3, 0.4) is 0 Å². The Morgan fingerprint density at radius 3 is 2.35 bits per heavy atom. The van der Waals surface area contributed by atoms with Crippen LogP contribution >= 0.6 is 0 Å². The minimum Gasteiger partial charge on any atom is -0.454 e. The number of anilines is 2. The minimum absolute atomic E-state index is 0.00708. The molecule has 1 aliphatic heterocycles. The molecule has 0 radical (unpaired) electrons. The van der Waals surface area contributed by atoms with Gasteiger partial charge >= 0.3 is 0 Å². The third-order valence-corrected chi connectivity index (χ3v) is 3.16. The quantitative estimate of drug-likeness (QED) is 0.670.